The topological polar surface area (TPSA) is 145 Å². The van der Waals surface area contributed by atoms with E-state index in [1.165, 1.54) is 11.1 Å². The Bertz CT molecular complexity index is 2070. The lowest BCUT2D eigenvalue weighted by molar-refractivity contribution is -0.170. The van der Waals surface area contributed by atoms with Crippen molar-refractivity contribution in [3.63, 3.8) is 0 Å². The van der Waals surface area contributed by atoms with Gasteiger partial charge in [-0.3, -0.25) is 19.2 Å². The molecule has 2 saturated heterocycles. The fraction of sp³-hybridized carbons (Fsp3) is 0.341. The van der Waals surface area contributed by atoms with Crippen LogP contribution in [0.3, 0.4) is 0 Å². The number of aryl methyl sites for hydroxylation is 2. The average molecular weight is 718 g/mol. The van der Waals surface area contributed by atoms with Gasteiger partial charge in [-0.1, -0.05) is 53.8 Å². The first kappa shape index (κ1) is 37.0. The Morgan fingerprint density at radius 2 is 1.77 bits per heavy atom. The number of carbonyl (C=O) groups excluding carboxylic acids is 3. The summed E-state index contributed by atoms with van der Waals surface area (Å²) in [4.78, 5) is 46.7. The highest BCUT2D eigenvalue weighted by molar-refractivity contribution is 6.05. The first-order valence-corrected chi connectivity index (χ1v) is 17.5. The number of benzene rings is 3. The molecule has 12 nitrogen and oxygen atoms in total. The number of hydrogen-bond acceptors (Lipinski definition) is 8. The van der Waals surface area contributed by atoms with Gasteiger partial charge in [0.1, 0.15) is 28.8 Å². The maximum atomic E-state index is 14.6. The summed E-state index contributed by atoms with van der Waals surface area (Å²) >= 11 is 0. The second kappa shape index (κ2) is 15.5. The fourth-order valence-electron chi connectivity index (χ4n) is 6.43. The lowest BCUT2D eigenvalue weighted by atomic mass is 9.94. The summed E-state index contributed by atoms with van der Waals surface area (Å²) in [6.07, 6.45) is 3.01. The smallest absolute Gasteiger partial charge is 0.433 e. The van der Waals surface area contributed by atoms with Gasteiger partial charge in [-0.15, -0.1) is 0 Å². The Morgan fingerprint density at radius 1 is 1.06 bits per heavy atom. The third kappa shape index (κ3) is 8.65. The summed E-state index contributed by atoms with van der Waals surface area (Å²) in [5.41, 5.74) is 2.81. The van der Waals surface area contributed by atoms with E-state index in [0.29, 0.717) is 59.7 Å². The number of phenolic OH excluding ortho intramolecular Hbond substituents is 1. The molecule has 53 heavy (non-hydrogen) atoms. The highest BCUT2D eigenvalue weighted by atomic mass is 16.6. The zero-order valence-corrected chi connectivity index (χ0v) is 30.5. The van der Waals surface area contributed by atoms with Crippen molar-refractivity contribution in [3.8, 4) is 28.8 Å². The highest BCUT2D eigenvalue weighted by Gasteiger charge is 2.54. The maximum Gasteiger partial charge on any atom is 0.433 e. The van der Waals surface area contributed by atoms with E-state index in [2.05, 4.69) is 27.2 Å². The van der Waals surface area contributed by atoms with Gasteiger partial charge in [-0.25, -0.2) is 4.79 Å². The molecule has 0 radical (unpaired) electrons. The van der Waals surface area contributed by atoms with Gasteiger partial charge in [0.05, 0.1) is 31.3 Å². The molecule has 1 spiro atoms. The molecule has 2 fully saturated rings. The number of hydrogen-bond donors (Lipinski definition) is 2. The van der Waals surface area contributed by atoms with Crippen molar-refractivity contribution in [1.82, 2.24) is 14.7 Å². The van der Waals surface area contributed by atoms with Crippen molar-refractivity contribution in [1.29, 1.82) is 0 Å². The summed E-state index contributed by atoms with van der Waals surface area (Å²) in [7, 11) is 1.80. The highest BCUT2D eigenvalue weighted by Crippen LogP contribution is 2.39. The molecule has 2 aliphatic heterocycles. The summed E-state index contributed by atoms with van der Waals surface area (Å²) in [6, 6.07) is 20.4. The number of aromatic nitrogens is 2. The van der Waals surface area contributed by atoms with Gasteiger partial charge in [0, 0.05) is 49.1 Å². The van der Waals surface area contributed by atoms with Crippen LogP contribution in [0.15, 0.2) is 84.0 Å². The summed E-state index contributed by atoms with van der Waals surface area (Å²) in [5.74, 6) is 4.59. The van der Waals surface area contributed by atoms with Gasteiger partial charge in [0.25, 0.3) is 0 Å². The molecule has 3 amide bonds. The van der Waals surface area contributed by atoms with Crippen LogP contribution in [0.4, 0.5) is 10.5 Å². The number of aliphatic imine (C=N–C) groups is 1. The van der Waals surface area contributed by atoms with Crippen LogP contribution in [0.25, 0.3) is 11.3 Å². The van der Waals surface area contributed by atoms with Gasteiger partial charge < -0.3 is 24.6 Å². The third-order valence-electron chi connectivity index (χ3n) is 8.95. The van der Waals surface area contributed by atoms with Crippen molar-refractivity contribution < 1.29 is 33.7 Å². The Kier molecular flexibility index (Phi) is 10.8. The molecule has 2 unspecified atom stereocenters. The van der Waals surface area contributed by atoms with E-state index >= 15 is 0 Å². The normalized spacial score (nSPS) is 17.3. The maximum absolute atomic E-state index is 14.6. The number of nitrogens with zero attached hydrogens (tertiary/aromatic N) is 4. The van der Waals surface area contributed by atoms with Gasteiger partial charge in [-0.05, 0) is 69.7 Å². The minimum absolute atomic E-state index is 0.0181. The predicted octanol–water partition coefficient (Wildman–Crippen LogP) is 5.96. The molecular weight excluding hydrogens is 674 g/mol. The number of amides is 3. The van der Waals surface area contributed by atoms with Crippen molar-refractivity contribution in [2.45, 2.75) is 63.8 Å². The molecule has 12 heteroatoms. The SMILES string of the molecule is Cc1ccc(O)c(-c2nn(C)cc2C#Cc2ccc(NC(=O)C3COC4(CCOCC4)N3C(=O)C(C=NC(=O)OC(C)(C)C)c3ccccc3)cc2)c1. The first-order valence-electron chi connectivity index (χ1n) is 17.5. The Hall–Kier alpha value is -5.77. The van der Waals surface area contributed by atoms with E-state index in [9.17, 15) is 19.5 Å². The molecule has 4 aromatic rings. The molecule has 1 aromatic heterocycles. The van der Waals surface area contributed by atoms with Crippen molar-refractivity contribution in [2.75, 3.05) is 25.1 Å². The number of aromatic hydroxyl groups is 1. The Labute approximate surface area is 308 Å². The minimum Gasteiger partial charge on any atom is -0.507 e. The van der Waals surface area contributed by atoms with Crippen molar-refractivity contribution in [2.24, 2.45) is 12.0 Å². The second-order valence-corrected chi connectivity index (χ2v) is 14.1. The molecule has 2 N–H and O–H groups in total. The number of anilines is 1. The Balaban J connectivity index is 1.23. The Morgan fingerprint density at radius 3 is 2.47 bits per heavy atom. The zero-order valence-electron chi connectivity index (χ0n) is 30.5. The molecule has 2 atom stereocenters. The average Bonchev–Trinajstić information content (AvgIpc) is 3.68. The molecular formula is C41H43N5O7. The third-order valence-corrected chi connectivity index (χ3v) is 8.95. The monoisotopic (exact) mass is 717 g/mol. The van der Waals surface area contributed by atoms with E-state index in [4.69, 9.17) is 14.2 Å². The number of rotatable bonds is 6. The minimum atomic E-state index is -1.07. The molecule has 3 heterocycles. The van der Waals surface area contributed by atoms with Gasteiger partial charge in [0.15, 0.2) is 0 Å². The molecule has 0 saturated carbocycles. The number of ether oxygens (including phenoxy) is 3. The molecule has 0 aliphatic carbocycles. The van der Waals surface area contributed by atoms with Crippen LogP contribution in [-0.2, 0) is 30.8 Å². The molecule has 6 rings (SSSR count). The molecule has 2 aliphatic rings. The standard InChI is InChI=1S/C41H43N5O7/c1-27-11-18-35(47)32(23-27)36-30(25-45(5)44-36)15-12-28-13-16-31(17-14-28)43-37(48)34-26-52-41(19-21-51-22-20-41)46(34)38(49)33(29-9-7-6-8-10-29)24-42-39(50)53-40(2,3)4/h6-11,13-14,16-18,23-25,33-34,47H,19-22,26H2,1-5H3,(H,43,48). The quantitative estimate of drug-likeness (QED) is 0.184. The van der Waals surface area contributed by atoms with Crippen LogP contribution in [0.1, 0.15) is 61.8 Å². The predicted molar refractivity (Wildman–Crippen MR) is 199 cm³/mol. The second-order valence-electron chi connectivity index (χ2n) is 14.1. The first-order chi connectivity index (χ1) is 25.3. The molecule has 0 bridgehead atoms. The van der Waals surface area contributed by atoms with E-state index < -0.39 is 41.2 Å². The summed E-state index contributed by atoms with van der Waals surface area (Å²) < 4.78 is 18.9. The van der Waals surface area contributed by atoms with Crippen LogP contribution < -0.4 is 5.32 Å². The van der Waals surface area contributed by atoms with E-state index in [1.54, 1.807) is 93.3 Å². The molecule has 274 valence electrons. The van der Waals surface area contributed by atoms with E-state index in [0.717, 1.165) is 5.56 Å². The summed E-state index contributed by atoms with van der Waals surface area (Å²) in [6.45, 7) is 7.84. The largest absolute Gasteiger partial charge is 0.507 e. The molecule has 3 aromatic carbocycles. The van der Waals surface area contributed by atoms with Crippen LogP contribution in [0.2, 0.25) is 0 Å². The lowest BCUT2D eigenvalue weighted by Crippen LogP contribution is -2.58. The van der Waals surface area contributed by atoms with E-state index in [1.807, 2.05) is 25.1 Å². The number of nitrogens with one attached hydrogen (secondary N) is 1. The lowest BCUT2D eigenvalue weighted by Gasteiger charge is -2.42. The van der Waals surface area contributed by atoms with Crippen LogP contribution >= 0.6 is 0 Å². The van der Waals surface area contributed by atoms with Gasteiger partial charge in [0.2, 0.25) is 11.8 Å². The van der Waals surface area contributed by atoms with Crippen LogP contribution in [0.5, 0.6) is 5.75 Å². The summed E-state index contributed by atoms with van der Waals surface area (Å²) in [5, 5.41) is 17.9. The fourth-order valence-corrected chi connectivity index (χ4v) is 6.43. The van der Waals surface area contributed by atoms with Gasteiger partial charge >= 0.3 is 6.09 Å². The van der Waals surface area contributed by atoms with E-state index in [-0.39, 0.29) is 12.4 Å². The number of carbonyl (C=O) groups is 3. The zero-order chi connectivity index (χ0) is 37.8. The van der Waals surface area contributed by atoms with Crippen LogP contribution in [-0.4, -0.2) is 81.1 Å². The van der Waals surface area contributed by atoms with Crippen molar-refractivity contribution >= 4 is 29.8 Å². The van der Waals surface area contributed by atoms with Crippen molar-refractivity contribution in [3.05, 3.63) is 101 Å². The van der Waals surface area contributed by atoms with Crippen LogP contribution in [0, 0.1) is 18.8 Å². The van der Waals surface area contributed by atoms with Gasteiger partial charge in [-0.2, -0.15) is 10.1 Å². The number of phenols is 1.